The lowest BCUT2D eigenvalue weighted by atomic mass is 10.0. The molecule has 0 saturated carbocycles. The molecule has 1 heterocycles. The molecule has 12 heavy (non-hydrogen) atoms. The Morgan fingerprint density at radius 3 is 2.25 bits per heavy atom. The van der Waals surface area contributed by atoms with Crippen molar-refractivity contribution in [1.29, 1.82) is 0 Å². The summed E-state index contributed by atoms with van der Waals surface area (Å²) in [7, 11) is 0. The van der Waals surface area contributed by atoms with Crippen LogP contribution in [0.25, 0.3) is 0 Å². The quantitative estimate of drug-likeness (QED) is 0.486. The Bertz CT molecular complexity index is 117. The van der Waals surface area contributed by atoms with Crippen LogP contribution in [0.2, 0.25) is 0 Å². The molecule has 1 aliphatic rings. The molecule has 0 N–H and O–H groups in total. The molecule has 1 saturated heterocycles. The molecule has 0 aromatic heterocycles. The van der Waals surface area contributed by atoms with Gasteiger partial charge in [0.15, 0.2) is 0 Å². The Morgan fingerprint density at radius 2 is 1.75 bits per heavy atom. The van der Waals surface area contributed by atoms with Crippen molar-refractivity contribution in [1.82, 2.24) is 4.90 Å². The van der Waals surface area contributed by atoms with Gasteiger partial charge >= 0.3 is 0 Å². The largest absolute Gasteiger partial charge is 0.303 e. The number of likely N-dealkylation sites (tertiary alicyclic amines) is 1. The van der Waals surface area contributed by atoms with Gasteiger partial charge in [0.2, 0.25) is 0 Å². The lowest BCUT2D eigenvalue weighted by Gasteiger charge is -2.14. The van der Waals surface area contributed by atoms with Gasteiger partial charge in [-0.1, -0.05) is 13.8 Å². The van der Waals surface area contributed by atoms with Gasteiger partial charge in [-0.15, -0.1) is 11.6 Å². The van der Waals surface area contributed by atoms with Crippen molar-refractivity contribution >= 4 is 11.6 Å². The standard InChI is InChI=1S/C10H20ClN/c1-9-7-12(8-10(9)2)6-4-3-5-11/h9-10H,3-8H2,1-2H3. The van der Waals surface area contributed by atoms with Crippen LogP contribution < -0.4 is 0 Å². The number of hydrogen-bond acceptors (Lipinski definition) is 1. The van der Waals surface area contributed by atoms with Gasteiger partial charge in [-0.25, -0.2) is 0 Å². The molecule has 1 rings (SSSR count). The molecular weight excluding hydrogens is 170 g/mol. The summed E-state index contributed by atoms with van der Waals surface area (Å²) in [6, 6.07) is 0. The van der Waals surface area contributed by atoms with Crippen molar-refractivity contribution in [3.63, 3.8) is 0 Å². The second kappa shape index (κ2) is 5.08. The zero-order valence-electron chi connectivity index (χ0n) is 8.22. The van der Waals surface area contributed by atoms with E-state index in [-0.39, 0.29) is 0 Å². The number of unbranched alkanes of at least 4 members (excludes halogenated alkanes) is 1. The third-order valence-electron chi connectivity index (χ3n) is 2.92. The molecule has 0 aromatic rings. The number of halogens is 1. The molecule has 2 atom stereocenters. The fraction of sp³-hybridized carbons (Fsp3) is 1.00. The highest BCUT2D eigenvalue weighted by molar-refractivity contribution is 6.17. The SMILES string of the molecule is CC1CN(CCCCCl)CC1C. The average Bonchev–Trinajstić information content (AvgIpc) is 2.32. The van der Waals surface area contributed by atoms with E-state index in [4.69, 9.17) is 11.6 Å². The zero-order valence-corrected chi connectivity index (χ0v) is 8.98. The Morgan fingerprint density at radius 1 is 1.17 bits per heavy atom. The molecule has 1 nitrogen and oxygen atoms in total. The predicted molar refractivity (Wildman–Crippen MR) is 54.7 cm³/mol. The first-order chi connectivity index (χ1) is 5.74. The molecule has 0 radical (unpaired) electrons. The van der Waals surface area contributed by atoms with Gasteiger partial charge in [-0.3, -0.25) is 0 Å². The Balaban J connectivity index is 2.10. The molecule has 0 bridgehead atoms. The summed E-state index contributed by atoms with van der Waals surface area (Å²) in [4.78, 5) is 2.57. The number of nitrogens with zero attached hydrogens (tertiary/aromatic N) is 1. The highest BCUT2D eigenvalue weighted by Gasteiger charge is 2.24. The van der Waals surface area contributed by atoms with Gasteiger partial charge in [-0.05, 0) is 31.2 Å². The van der Waals surface area contributed by atoms with Gasteiger partial charge in [0.25, 0.3) is 0 Å². The van der Waals surface area contributed by atoms with Crippen LogP contribution >= 0.6 is 11.6 Å². The summed E-state index contributed by atoms with van der Waals surface area (Å²) in [6.07, 6.45) is 2.43. The minimum absolute atomic E-state index is 0.818. The minimum atomic E-state index is 0.818. The minimum Gasteiger partial charge on any atom is -0.303 e. The molecule has 72 valence electrons. The summed E-state index contributed by atoms with van der Waals surface area (Å²) in [6.45, 7) is 8.55. The van der Waals surface area contributed by atoms with Gasteiger partial charge in [0.05, 0.1) is 0 Å². The van der Waals surface area contributed by atoms with Crippen molar-refractivity contribution in [2.24, 2.45) is 11.8 Å². The van der Waals surface area contributed by atoms with Crippen LogP contribution in [0.15, 0.2) is 0 Å². The van der Waals surface area contributed by atoms with E-state index in [1.54, 1.807) is 0 Å². The van der Waals surface area contributed by atoms with E-state index >= 15 is 0 Å². The summed E-state index contributed by atoms with van der Waals surface area (Å²) in [5.74, 6) is 2.60. The van der Waals surface area contributed by atoms with Crippen LogP contribution in [-0.4, -0.2) is 30.4 Å². The van der Waals surface area contributed by atoms with Gasteiger partial charge in [0, 0.05) is 19.0 Å². The lowest BCUT2D eigenvalue weighted by Crippen LogP contribution is -2.21. The summed E-state index contributed by atoms with van der Waals surface area (Å²) in [5.41, 5.74) is 0. The number of alkyl halides is 1. The van der Waals surface area contributed by atoms with Crippen molar-refractivity contribution < 1.29 is 0 Å². The third kappa shape index (κ3) is 2.95. The van der Waals surface area contributed by atoms with Crippen LogP contribution in [0, 0.1) is 11.8 Å². The van der Waals surface area contributed by atoms with Gasteiger partial charge < -0.3 is 4.90 Å². The Kier molecular flexibility index (Phi) is 4.38. The average molecular weight is 190 g/mol. The molecule has 0 spiro atoms. The van der Waals surface area contributed by atoms with Gasteiger partial charge in [0.1, 0.15) is 0 Å². The third-order valence-corrected chi connectivity index (χ3v) is 3.19. The molecular formula is C10H20ClN. The summed E-state index contributed by atoms with van der Waals surface area (Å²) >= 11 is 5.63. The van der Waals surface area contributed by atoms with E-state index in [0.717, 1.165) is 17.7 Å². The van der Waals surface area contributed by atoms with Crippen LogP contribution in [0.4, 0.5) is 0 Å². The topological polar surface area (TPSA) is 3.24 Å². The first-order valence-corrected chi connectivity index (χ1v) is 5.55. The molecule has 1 aliphatic heterocycles. The normalized spacial score (nSPS) is 31.2. The van der Waals surface area contributed by atoms with E-state index in [9.17, 15) is 0 Å². The van der Waals surface area contributed by atoms with Crippen LogP contribution in [0.1, 0.15) is 26.7 Å². The first kappa shape index (κ1) is 10.3. The number of hydrogen-bond donors (Lipinski definition) is 0. The van der Waals surface area contributed by atoms with Crippen LogP contribution in [0.5, 0.6) is 0 Å². The second-order valence-electron chi connectivity index (χ2n) is 4.11. The smallest absolute Gasteiger partial charge is 0.0223 e. The molecule has 1 fully saturated rings. The van der Waals surface area contributed by atoms with Crippen molar-refractivity contribution in [2.75, 3.05) is 25.5 Å². The van der Waals surface area contributed by atoms with Gasteiger partial charge in [-0.2, -0.15) is 0 Å². The fourth-order valence-electron chi connectivity index (χ4n) is 1.86. The molecule has 2 unspecified atom stereocenters. The molecule has 0 amide bonds. The van der Waals surface area contributed by atoms with E-state index in [0.29, 0.717) is 0 Å². The summed E-state index contributed by atoms with van der Waals surface area (Å²) in [5, 5.41) is 0. The highest BCUT2D eigenvalue weighted by atomic mass is 35.5. The number of rotatable bonds is 4. The van der Waals surface area contributed by atoms with Crippen molar-refractivity contribution in [3.05, 3.63) is 0 Å². The Labute approximate surface area is 81.1 Å². The lowest BCUT2D eigenvalue weighted by molar-refractivity contribution is 0.318. The highest BCUT2D eigenvalue weighted by Crippen LogP contribution is 2.21. The van der Waals surface area contributed by atoms with Crippen molar-refractivity contribution in [3.8, 4) is 0 Å². The Hall–Kier alpha value is 0.250. The predicted octanol–water partition coefficient (Wildman–Crippen LogP) is 2.59. The molecule has 0 aliphatic carbocycles. The monoisotopic (exact) mass is 189 g/mol. The molecule has 0 aromatic carbocycles. The van der Waals surface area contributed by atoms with Crippen molar-refractivity contribution in [2.45, 2.75) is 26.7 Å². The van der Waals surface area contributed by atoms with E-state index in [1.807, 2.05) is 0 Å². The van der Waals surface area contributed by atoms with Crippen LogP contribution in [0.3, 0.4) is 0 Å². The zero-order chi connectivity index (χ0) is 8.97. The van der Waals surface area contributed by atoms with Crippen LogP contribution in [-0.2, 0) is 0 Å². The van der Waals surface area contributed by atoms with E-state index in [2.05, 4.69) is 18.7 Å². The maximum absolute atomic E-state index is 5.63. The van der Waals surface area contributed by atoms with E-state index < -0.39 is 0 Å². The molecule has 2 heteroatoms. The second-order valence-corrected chi connectivity index (χ2v) is 4.49. The first-order valence-electron chi connectivity index (χ1n) is 5.02. The fourth-order valence-corrected chi connectivity index (χ4v) is 2.05. The maximum Gasteiger partial charge on any atom is 0.0223 e. The van der Waals surface area contributed by atoms with E-state index in [1.165, 1.54) is 32.5 Å². The maximum atomic E-state index is 5.63. The summed E-state index contributed by atoms with van der Waals surface area (Å²) < 4.78 is 0.